The minimum absolute atomic E-state index is 1.15. The highest BCUT2D eigenvalue weighted by molar-refractivity contribution is 5.46. The molecule has 1 nitrogen and oxygen atoms in total. The SMILES string of the molecule is C/C=C/c1cccnc1.CC. The first-order valence-corrected chi connectivity index (χ1v) is 3.96. The van der Waals surface area contributed by atoms with E-state index in [1.807, 2.05) is 51.3 Å². The van der Waals surface area contributed by atoms with E-state index in [0.29, 0.717) is 0 Å². The van der Waals surface area contributed by atoms with Crippen molar-refractivity contribution in [3.8, 4) is 0 Å². The highest BCUT2D eigenvalue weighted by Crippen LogP contribution is 1.96. The van der Waals surface area contributed by atoms with E-state index in [1.165, 1.54) is 0 Å². The van der Waals surface area contributed by atoms with E-state index in [2.05, 4.69) is 4.98 Å². The predicted octanol–water partition coefficient (Wildman–Crippen LogP) is 3.14. The van der Waals surface area contributed by atoms with Gasteiger partial charge in [0.15, 0.2) is 0 Å². The molecule has 0 unspecified atom stereocenters. The zero-order chi connectivity index (χ0) is 8.53. The lowest BCUT2D eigenvalue weighted by Gasteiger charge is -1.86. The molecule has 0 fully saturated rings. The van der Waals surface area contributed by atoms with Gasteiger partial charge in [0.1, 0.15) is 0 Å². The summed E-state index contributed by atoms with van der Waals surface area (Å²) in [7, 11) is 0. The Bertz CT molecular complexity index is 189. The summed E-state index contributed by atoms with van der Waals surface area (Å²) in [6, 6.07) is 3.95. The Hall–Kier alpha value is -1.11. The van der Waals surface area contributed by atoms with Crippen LogP contribution in [0, 0.1) is 0 Å². The lowest BCUT2D eigenvalue weighted by molar-refractivity contribution is 1.32. The summed E-state index contributed by atoms with van der Waals surface area (Å²) < 4.78 is 0. The topological polar surface area (TPSA) is 12.9 Å². The van der Waals surface area contributed by atoms with Gasteiger partial charge < -0.3 is 0 Å². The largest absolute Gasteiger partial charge is 0.264 e. The number of nitrogens with zero attached hydrogens (tertiary/aromatic N) is 1. The van der Waals surface area contributed by atoms with Crippen LogP contribution < -0.4 is 0 Å². The van der Waals surface area contributed by atoms with Gasteiger partial charge in [-0.25, -0.2) is 0 Å². The monoisotopic (exact) mass is 149 g/mol. The van der Waals surface area contributed by atoms with E-state index < -0.39 is 0 Å². The molecule has 0 N–H and O–H groups in total. The van der Waals surface area contributed by atoms with E-state index in [4.69, 9.17) is 0 Å². The molecule has 1 aromatic rings. The smallest absolute Gasteiger partial charge is 0.0340 e. The molecule has 1 rings (SSSR count). The normalized spacial score (nSPS) is 9.00. The highest BCUT2D eigenvalue weighted by atomic mass is 14.6. The number of rotatable bonds is 1. The molecule has 60 valence electrons. The maximum Gasteiger partial charge on any atom is 0.0340 e. The van der Waals surface area contributed by atoms with Crippen LogP contribution in [-0.2, 0) is 0 Å². The van der Waals surface area contributed by atoms with Crippen LogP contribution in [0.5, 0.6) is 0 Å². The third-order valence-corrected chi connectivity index (χ3v) is 1.04. The van der Waals surface area contributed by atoms with Gasteiger partial charge in [0.05, 0.1) is 0 Å². The first-order chi connectivity index (χ1) is 5.43. The summed E-state index contributed by atoms with van der Waals surface area (Å²) in [6.07, 6.45) is 7.62. The van der Waals surface area contributed by atoms with Crippen molar-refractivity contribution in [2.24, 2.45) is 0 Å². The summed E-state index contributed by atoms with van der Waals surface area (Å²) in [5.74, 6) is 0. The van der Waals surface area contributed by atoms with Crippen LogP contribution in [0.4, 0.5) is 0 Å². The fourth-order valence-corrected chi connectivity index (χ4v) is 0.667. The number of hydrogen-bond donors (Lipinski definition) is 0. The van der Waals surface area contributed by atoms with Gasteiger partial charge in [-0.05, 0) is 18.6 Å². The van der Waals surface area contributed by atoms with E-state index in [1.54, 1.807) is 6.20 Å². The van der Waals surface area contributed by atoms with Crippen molar-refractivity contribution in [2.45, 2.75) is 20.8 Å². The van der Waals surface area contributed by atoms with E-state index in [0.717, 1.165) is 5.56 Å². The van der Waals surface area contributed by atoms with Crippen LogP contribution in [0.1, 0.15) is 26.3 Å². The molecule has 0 aromatic carbocycles. The molecule has 1 heterocycles. The molecule has 11 heavy (non-hydrogen) atoms. The van der Waals surface area contributed by atoms with Crippen molar-refractivity contribution in [2.75, 3.05) is 0 Å². The van der Waals surface area contributed by atoms with Crippen LogP contribution in [0.25, 0.3) is 6.08 Å². The van der Waals surface area contributed by atoms with Crippen molar-refractivity contribution >= 4 is 6.08 Å². The second kappa shape index (κ2) is 7.00. The van der Waals surface area contributed by atoms with Gasteiger partial charge in [0.2, 0.25) is 0 Å². The standard InChI is InChI=1S/C8H9N.C2H6/c1-2-4-8-5-3-6-9-7-8;1-2/h2-7H,1H3;1-2H3/b4-2+;. The van der Waals surface area contributed by atoms with Crippen molar-refractivity contribution in [1.82, 2.24) is 4.98 Å². The second-order valence-electron chi connectivity index (χ2n) is 1.79. The number of pyridine rings is 1. The van der Waals surface area contributed by atoms with E-state index >= 15 is 0 Å². The van der Waals surface area contributed by atoms with Gasteiger partial charge in [-0.1, -0.05) is 32.1 Å². The Morgan fingerprint density at radius 1 is 1.36 bits per heavy atom. The van der Waals surface area contributed by atoms with Gasteiger partial charge in [0, 0.05) is 12.4 Å². The van der Waals surface area contributed by atoms with Crippen LogP contribution in [0.15, 0.2) is 30.6 Å². The second-order valence-corrected chi connectivity index (χ2v) is 1.79. The van der Waals surface area contributed by atoms with Gasteiger partial charge in [0.25, 0.3) is 0 Å². The van der Waals surface area contributed by atoms with Crippen molar-refractivity contribution < 1.29 is 0 Å². The fourth-order valence-electron chi connectivity index (χ4n) is 0.667. The highest BCUT2D eigenvalue weighted by Gasteiger charge is 1.78. The molecule has 0 amide bonds. The molecule has 0 aliphatic heterocycles. The molecule has 0 bridgehead atoms. The molecule has 0 aliphatic rings. The molecule has 1 heteroatoms. The number of aromatic nitrogens is 1. The molecular weight excluding hydrogens is 134 g/mol. The predicted molar refractivity (Wildman–Crippen MR) is 50.3 cm³/mol. The molecule has 0 saturated carbocycles. The first-order valence-electron chi connectivity index (χ1n) is 3.96. The zero-order valence-corrected chi connectivity index (χ0v) is 7.41. The Labute approximate surface area is 68.8 Å². The van der Waals surface area contributed by atoms with Crippen molar-refractivity contribution in [1.29, 1.82) is 0 Å². The van der Waals surface area contributed by atoms with E-state index in [9.17, 15) is 0 Å². The first kappa shape index (κ1) is 9.89. The minimum atomic E-state index is 1.15. The average Bonchev–Trinajstić information content (AvgIpc) is 2.11. The Kier molecular flexibility index (Phi) is 6.30. The summed E-state index contributed by atoms with van der Waals surface area (Å²) in [5, 5.41) is 0. The summed E-state index contributed by atoms with van der Waals surface area (Å²) in [5.41, 5.74) is 1.15. The van der Waals surface area contributed by atoms with Crippen LogP contribution in [0.3, 0.4) is 0 Å². The van der Waals surface area contributed by atoms with Gasteiger partial charge in [-0.3, -0.25) is 4.98 Å². The molecule has 0 saturated heterocycles. The molecule has 1 aromatic heterocycles. The molecule has 0 spiro atoms. The maximum atomic E-state index is 3.95. The van der Waals surface area contributed by atoms with Crippen LogP contribution in [0.2, 0.25) is 0 Å². The number of allylic oxidation sites excluding steroid dienone is 1. The minimum Gasteiger partial charge on any atom is -0.264 e. The Balaban J connectivity index is 0.000000461. The van der Waals surface area contributed by atoms with Gasteiger partial charge in [-0.2, -0.15) is 0 Å². The van der Waals surface area contributed by atoms with Crippen molar-refractivity contribution in [3.05, 3.63) is 36.2 Å². The van der Waals surface area contributed by atoms with E-state index in [-0.39, 0.29) is 0 Å². The molecule has 0 atom stereocenters. The lowest BCUT2D eigenvalue weighted by atomic mass is 10.3. The third-order valence-electron chi connectivity index (χ3n) is 1.04. The summed E-state index contributed by atoms with van der Waals surface area (Å²) in [4.78, 5) is 3.95. The molecule has 0 aliphatic carbocycles. The van der Waals surface area contributed by atoms with Gasteiger partial charge in [-0.15, -0.1) is 0 Å². The molecule has 0 radical (unpaired) electrons. The number of hydrogen-bond acceptors (Lipinski definition) is 1. The maximum absolute atomic E-state index is 3.95. The summed E-state index contributed by atoms with van der Waals surface area (Å²) in [6.45, 7) is 5.99. The zero-order valence-electron chi connectivity index (χ0n) is 7.41. The molecular formula is C10H15N. The van der Waals surface area contributed by atoms with Crippen molar-refractivity contribution in [3.63, 3.8) is 0 Å². The lowest BCUT2D eigenvalue weighted by Crippen LogP contribution is -1.71. The quantitative estimate of drug-likeness (QED) is 0.597. The van der Waals surface area contributed by atoms with Gasteiger partial charge >= 0.3 is 0 Å². The fraction of sp³-hybridized carbons (Fsp3) is 0.300. The average molecular weight is 149 g/mol. The van der Waals surface area contributed by atoms with Crippen LogP contribution in [-0.4, -0.2) is 4.98 Å². The van der Waals surface area contributed by atoms with Crippen LogP contribution >= 0.6 is 0 Å². The Morgan fingerprint density at radius 2 is 2.09 bits per heavy atom. The summed E-state index contributed by atoms with van der Waals surface area (Å²) >= 11 is 0. The third kappa shape index (κ3) is 4.31. The Morgan fingerprint density at radius 3 is 2.55 bits per heavy atom.